The van der Waals surface area contributed by atoms with Crippen molar-refractivity contribution >= 4 is 0 Å². The van der Waals surface area contributed by atoms with Crippen molar-refractivity contribution in [3.8, 4) is 0 Å². The summed E-state index contributed by atoms with van der Waals surface area (Å²) in [5.74, 6) is 0. The Morgan fingerprint density at radius 3 is 1.61 bits per heavy atom. The first-order chi connectivity index (χ1) is 8.86. The fraction of sp³-hybridized carbons (Fsp3) is 1.00. The van der Waals surface area contributed by atoms with Crippen LogP contribution >= 0.6 is 0 Å². The molecule has 2 aliphatic rings. The van der Waals surface area contributed by atoms with Crippen molar-refractivity contribution in [2.75, 3.05) is 13.1 Å². The zero-order valence-corrected chi connectivity index (χ0v) is 13.1. The van der Waals surface area contributed by atoms with Gasteiger partial charge in [0.2, 0.25) is 0 Å². The van der Waals surface area contributed by atoms with E-state index in [1.165, 1.54) is 51.4 Å². The molecule has 2 saturated heterocycles. The Balaban J connectivity index is 0.000000283. The minimum Gasteiger partial charge on any atom is -0.372 e. The fourth-order valence-electron chi connectivity index (χ4n) is 2.34. The van der Waals surface area contributed by atoms with Crippen LogP contribution in [0.5, 0.6) is 0 Å². The third kappa shape index (κ3) is 8.93. The largest absolute Gasteiger partial charge is 0.372 e. The Morgan fingerprint density at radius 2 is 1.28 bits per heavy atom. The van der Waals surface area contributed by atoms with Gasteiger partial charge in [-0.3, -0.25) is 0 Å². The monoisotopic (exact) mass is 257 g/mol. The Kier molecular flexibility index (Phi) is 13.3. The minimum atomic E-state index is 0.550. The van der Waals surface area contributed by atoms with Crippen LogP contribution in [0, 0.1) is 0 Å². The number of morpholine rings is 1. The van der Waals surface area contributed by atoms with E-state index in [0.717, 1.165) is 13.1 Å². The molecule has 18 heavy (non-hydrogen) atoms. The van der Waals surface area contributed by atoms with Crippen LogP contribution in [0.4, 0.5) is 0 Å². The van der Waals surface area contributed by atoms with Crippen LogP contribution in [-0.2, 0) is 4.74 Å². The molecule has 2 nitrogen and oxygen atoms in total. The predicted octanol–water partition coefficient (Wildman–Crippen LogP) is 4.53. The molecular formula is C16H35NO. The van der Waals surface area contributed by atoms with Crippen molar-refractivity contribution in [2.24, 2.45) is 0 Å². The lowest BCUT2D eigenvalue weighted by atomic mass is 10.1. The van der Waals surface area contributed by atoms with Gasteiger partial charge in [-0.05, 0) is 12.8 Å². The van der Waals surface area contributed by atoms with Gasteiger partial charge in [0.1, 0.15) is 0 Å². The van der Waals surface area contributed by atoms with Crippen molar-refractivity contribution in [3.63, 3.8) is 0 Å². The molecule has 0 aliphatic carbocycles. The molecule has 2 rings (SSSR count). The lowest BCUT2D eigenvalue weighted by Gasteiger charge is -2.20. The molecular weight excluding hydrogens is 222 g/mol. The summed E-state index contributed by atoms with van der Waals surface area (Å²) in [5, 5.41) is 3.32. The topological polar surface area (TPSA) is 21.3 Å². The van der Waals surface area contributed by atoms with Crippen LogP contribution in [0.1, 0.15) is 79.1 Å². The van der Waals surface area contributed by atoms with E-state index in [2.05, 4.69) is 19.2 Å². The summed E-state index contributed by atoms with van der Waals surface area (Å²) in [7, 11) is 0. The molecule has 0 aromatic carbocycles. The van der Waals surface area contributed by atoms with Crippen LogP contribution in [0.25, 0.3) is 0 Å². The van der Waals surface area contributed by atoms with Crippen LogP contribution in [0.2, 0.25) is 0 Å². The minimum absolute atomic E-state index is 0.550. The van der Waals surface area contributed by atoms with Crippen LogP contribution in [-0.4, -0.2) is 25.3 Å². The molecule has 0 aromatic rings. The number of unbranched alkanes of at least 4 members (excludes halogenated alkanes) is 5. The third-order valence-electron chi connectivity index (χ3n) is 3.40. The molecule has 2 unspecified atom stereocenters. The van der Waals surface area contributed by atoms with Crippen molar-refractivity contribution in [2.45, 2.75) is 91.3 Å². The van der Waals surface area contributed by atoms with Crippen molar-refractivity contribution in [3.05, 3.63) is 0 Å². The predicted molar refractivity (Wildman–Crippen MR) is 81.2 cm³/mol. The molecule has 110 valence electrons. The van der Waals surface area contributed by atoms with E-state index < -0.39 is 0 Å². The van der Waals surface area contributed by atoms with Gasteiger partial charge in [0.15, 0.2) is 0 Å². The number of nitrogens with one attached hydrogen (secondary N) is 1. The van der Waals surface area contributed by atoms with Crippen molar-refractivity contribution in [1.82, 2.24) is 5.32 Å². The second kappa shape index (κ2) is 13.4. The van der Waals surface area contributed by atoms with E-state index in [1.807, 2.05) is 13.8 Å². The van der Waals surface area contributed by atoms with Gasteiger partial charge >= 0.3 is 0 Å². The summed E-state index contributed by atoms with van der Waals surface area (Å²) in [6, 6.07) is 0. The Hall–Kier alpha value is -0.0800. The number of hydrogen-bond acceptors (Lipinski definition) is 2. The maximum Gasteiger partial charge on any atom is 0.0704 e. The summed E-state index contributed by atoms with van der Waals surface area (Å²) < 4.78 is 5.53. The average molecular weight is 257 g/mol. The number of fused-ring (bicyclic) bond motifs is 2. The molecule has 0 radical (unpaired) electrons. The summed E-state index contributed by atoms with van der Waals surface area (Å²) >= 11 is 0. The van der Waals surface area contributed by atoms with Crippen LogP contribution < -0.4 is 5.32 Å². The maximum atomic E-state index is 5.53. The molecule has 2 aliphatic heterocycles. The lowest BCUT2D eigenvalue weighted by molar-refractivity contribution is 0.0184. The molecule has 2 atom stereocenters. The van der Waals surface area contributed by atoms with E-state index >= 15 is 0 Å². The van der Waals surface area contributed by atoms with E-state index in [0.29, 0.717) is 12.2 Å². The zero-order chi connectivity index (χ0) is 13.6. The van der Waals surface area contributed by atoms with Gasteiger partial charge in [0.05, 0.1) is 12.2 Å². The fourth-order valence-corrected chi connectivity index (χ4v) is 2.34. The first kappa shape index (κ1) is 17.9. The quantitative estimate of drug-likeness (QED) is 0.731. The maximum absolute atomic E-state index is 5.53. The van der Waals surface area contributed by atoms with Crippen molar-refractivity contribution in [1.29, 1.82) is 0 Å². The summed E-state index contributed by atoms with van der Waals surface area (Å²) in [6.07, 6.45) is 12.1. The molecule has 2 heterocycles. The highest BCUT2D eigenvalue weighted by Crippen LogP contribution is 2.21. The highest BCUT2D eigenvalue weighted by Gasteiger charge is 2.28. The Bertz CT molecular complexity index is 141. The highest BCUT2D eigenvalue weighted by atomic mass is 16.5. The van der Waals surface area contributed by atoms with E-state index in [9.17, 15) is 0 Å². The number of ether oxygens (including phenoxy) is 1. The first-order valence-electron chi connectivity index (χ1n) is 8.23. The molecule has 2 heteroatoms. The Labute approximate surface area is 115 Å². The molecule has 0 aromatic heterocycles. The molecule has 1 N–H and O–H groups in total. The van der Waals surface area contributed by atoms with E-state index in [1.54, 1.807) is 0 Å². The highest BCUT2D eigenvalue weighted by molar-refractivity contribution is 4.81. The standard InChI is InChI=1S/C8H18.C6H11NO.C2H6/c1-3-5-7-8-6-4-2;1-2-6-4-7-3-5(1)8-6;1-2/h3-8H2,1-2H3;5-7H,1-4H2;1-2H3. The van der Waals surface area contributed by atoms with Gasteiger partial charge in [0, 0.05) is 13.1 Å². The molecule has 0 saturated carbocycles. The Morgan fingerprint density at radius 1 is 0.833 bits per heavy atom. The normalized spacial score (nSPS) is 24.7. The number of hydrogen-bond donors (Lipinski definition) is 1. The summed E-state index contributed by atoms with van der Waals surface area (Å²) in [4.78, 5) is 0. The third-order valence-corrected chi connectivity index (χ3v) is 3.40. The van der Waals surface area contributed by atoms with Gasteiger partial charge in [-0.15, -0.1) is 0 Å². The average Bonchev–Trinajstić information content (AvgIpc) is 2.77. The second-order valence-electron chi connectivity index (χ2n) is 5.03. The van der Waals surface area contributed by atoms with E-state index in [4.69, 9.17) is 4.74 Å². The SMILES string of the molecule is C1CC2CNCC1O2.CC.CCCCCCCC. The molecule has 2 fully saturated rings. The zero-order valence-electron chi connectivity index (χ0n) is 13.1. The van der Waals surface area contributed by atoms with Gasteiger partial charge in [-0.1, -0.05) is 66.2 Å². The van der Waals surface area contributed by atoms with Crippen LogP contribution in [0.3, 0.4) is 0 Å². The molecule has 2 bridgehead atoms. The van der Waals surface area contributed by atoms with Gasteiger partial charge in [0.25, 0.3) is 0 Å². The summed E-state index contributed by atoms with van der Waals surface area (Å²) in [6.45, 7) is 10.7. The molecule has 0 amide bonds. The second-order valence-corrected chi connectivity index (χ2v) is 5.03. The van der Waals surface area contributed by atoms with Gasteiger partial charge < -0.3 is 10.1 Å². The summed E-state index contributed by atoms with van der Waals surface area (Å²) in [5.41, 5.74) is 0. The lowest BCUT2D eigenvalue weighted by Crippen LogP contribution is -2.38. The molecule has 0 spiro atoms. The van der Waals surface area contributed by atoms with E-state index in [-0.39, 0.29) is 0 Å². The van der Waals surface area contributed by atoms with Crippen LogP contribution in [0.15, 0.2) is 0 Å². The smallest absolute Gasteiger partial charge is 0.0704 e. The van der Waals surface area contributed by atoms with Gasteiger partial charge in [-0.25, -0.2) is 0 Å². The van der Waals surface area contributed by atoms with Crippen molar-refractivity contribution < 1.29 is 4.74 Å². The van der Waals surface area contributed by atoms with Gasteiger partial charge in [-0.2, -0.15) is 0 Å². The first-order valence-corrected chi connectivity index (χ1v) is 8.23. The number of rotatable bonds is 5.